The normalized spacial score (nSPS) is 15.4. The molecule has 1 aliphatic rings. The van der Waals surface area contributed by atoms with E-state index in [1.165, 1.54) is 24.8 Å². The number of aryl methyl sites for hydroxylation is 1. The third-order valence-electron chi connectivity index (χ3n) is 6.94. The summed E-state index contributed by atoms with van der Waals surface area (Å²) >= 11 is 0. The minimum absolute atomic E-state index is 0.0547. The second-order valence-corrected chi connectivity index (χ2v) is 8.88. The van der Waals surface area contributed by atoms with Gasteiger partial charge in [0, 0.05) is 48.3 Å². The van der Waals surface area contributed by atoms with Gasteiger partial charge in [-0.2, -0.15) is 0 Å². The lowest BCUT2D eigenvalue weighted by molar-refractivity contribution is 0.0938. The van der Waals surface area contributed by atoms with E-state index >= 15 is 0 Å². The van der Waals surface area contributed by atoms with Gasteiger partial charge in [-0.1, -0.05) is 50.5 Å². The van der Waals surface area contributed by atoms with Crippen LogP contribution < -0.4 is 5.32 Å². The Morgan fingerprint density at radius 1 is 1.03 bits per heavy atom. The highest BCUT2D eigenvalue weighted by molar-refractivity contribution is 6.07. The average Bonchev–Trinajstić information content (AvgIpc) is 3.28. The van der Waals surface area contributed by atoms with Gasteiger partial charge in [0.25, 0.3) is 5.91 Å². The van der Waals surface area contributed by atoms with Crippen molar-refractivity contribution >= 4 is 16.8 Å². The van der Waals surface area contributed by atoms with Crippen LogP contribution in [-0.4, -0.2) is 32.0 Å². The van der Waals surface area contributed by atoms with Crippen LogP contribution in [0.1, 0.15) is 60.6 Å². The van der Waals surface area contributed by atoms with Crippen LogP contribution in [0.5, 0.6) is 0 Å². The van der Waals surface area contributed by atoms with Crippen LogP contribution in [0.15, 0.2) is 67.4 Å². The molecule has 3 heterocycles. The van der Waals surface area contributed by atoms with Crippen molar-refractivity contribution in [2.75, 3.05) is 6.54 Å². The molecule has 0 spiro atoms. The summed E-state index contributed by atoms with van der Waals surface area (Å²) in [5, 5.41) is 4.20. The predicted octanol–water partition coefficient (Wildman–Crippen LogP) is 5.01. The summed E-state index contributed by atoms with van der Waals surface area (Å²) in [6.07, 6.45) is 15.6. The van der Waals surface area contributed by atoms with Gasteiger partial charge >= 0.3 is 0 Å². The second kappa shape index (κ2) is 9.14. The van der Waals surface area contributed by atoms with Gasteiger partial charge in [0.2, 0.25) is 0 Å². The zero-order chi connectivity index (χ0) is 22.7. The number of nitrogens with one attached hydrogen (secondary N) is 1. The van der Waals surface area contributed by atoms with Crippen molar-refractivity contribution in [3.8, 4) is 5.82 Å². The lowest BCUT2D eigenvalue weighted by Crippen LogP contribution is -2.42. The van der Waals surface area contributed by atoms with Gasteiger partial charge in [0.05, 0.1) is 16.8 Å². The number of carbonyl (C=O) groups excluding carboxylic acids is 1. The molecular weight excluding hydrogens is 410 g/mol. The number of fused-ring (bicyclic) bond motifs is 1. The zero-order valence-electron chi connectivity index (χ0n) is 19.0. The van der Waals surface area contributed by atoms with E-state index in [9.17, 15) is 4.79 Å². The third-order valence-corrected chi connectivity index (χ3v) is 6.94. The number of aromatic nitrogens is 4. The summed E-state index contributed by atoms with van der Waals surface area (Å²) in [7, 11) is 0. The predicted molar refractivity (Wildman–Crippen MR) is 130 cm³/mol. The van der Waals surface area contributed by atoms with Gasteiger partial charge in [0.1, 0.15) is 0 Å². The lowest BCUT2D eigenvalue weighted by atomic mass is 9.70. The first kappa shape index (κ1) is 21.3. The van der Waals surface area contributed by atoms with E-state index < -0.39 is 0 Å². The monoisotopic (exact) mass is 439 g/mol. The van der Waals surface area contributed by atoms with Crippen molar-refractivity contribution in [2.45, 2.75) is 50.9 Å². The van der Waals surface area contributed by atoms with Gasteiger partial charge in [-0.25, -0.2) is 4.98 Å². The van der Waals surface area contributed by atoms with Crippen molar-refractivity contribution in [2.24, 2.45) is 0 Å². The molecule has 6 nitrogen and oxygen atoms in total. The highest BCUT2D eigenvalue weighted by Gasteiger charge is 2.34. The lowest BCUT2D eigenvalue weighted by Gasteiger charge is -2.37. The minimum Gasteiger partial charge on any atom is -0.351 e. The molecule has 5 rings (SSSR count). The molecule has 0 bridgehead atoms. The third kappa shape index (κ3) is 4.01. The maximum Gasteiger partial charge on any atom is 0.253 e. The van der Waals surface area contributed by atoms with Gasteiger partial charge in [0.15, 0.2) is 5.82 Å². The summed E-state index contributed by atoms with van der Waals surface area (Å²) in [6.45, 7) is 2.68. The summed E-state index contributed by atoms with van der Waals surface area (Å²) < 4.78 is 1.99. The topological polar surface area (TPSA) is 72.7 Å². The van der Waals surface area contributed by atoms with Crippen LogP contribution in [0.2, 0.25) is 0 Å². The number of hydrogen-bond donors (Lipinski definition) is 1. The molecule has 0 radical (unpaired) electrons. The van der Waals surface area contributed by atoms with E-state index in [-0.39, 0.29) is 11.3 Å². The zero-order valence-corrected chi connectivity index (χ0v) is 19.0. The minimum atomic E-state index is -0.0549. The standard InChI is InChI=1S/C27H29N5O/c1-2-23-25(30-16-15-29-23)32-18-22(21-10-4-5-11-24(21)32)26(33)31-19-27(12-6-3-7-13-27)20-9-8-14-28-17-20/h4-5,8-11,14-18H,2-3,6-7,12-13,19H2,1H3,(H,31,33). The average molecular weight is 440 g/mol. The van der Waals surface area contributed by atoms with Crippen molar-refractivity contribution in [1.82, 2.24) is 24.8 Å². The fraction of sp³-hybridized carbons (Fsp3) is 0.333. The van der Waals surface area contributed by atoms with Crippen LogP contribution in [-0.2, 0) is 11.8 Å². The number of amides is 1. The summed E-state index contributed by atoms with van der Waals surface area (Å²) in [5.41, 5.74) is 3.69. The molecular formula is C27H29N5O. The first-order chi connectivity index (χ1) is 16.2. The molecule has 168 valence electrons. The maximum absolute atomic E-state index is 13.5. The highest BCUT2D eigenvalue weighted by atomic mass is 16.1. The molecule has 4 aromatic rings. The van der Waals surface area contributed by atoms with Crippen LogP contribution >= 0.6 is 0 Å². The largest absolute Gasteiger partial charge is 0.351 e. The molecule has 1 amide bonds. The SMILES string of the molecule is CCc1nccnc1-n1cc(C(=O)NCC2(c3cccnc3)CCCCC2)c2ccccc21. The Labute approximate surface area is 194 Å². The Kier molecular flexibility index (Phi) is 5.90. The summed E-state index contributed by atoms with van der Waals surface area (Å²) in [4.78, 5) is 26.9. The van der Waals surface area contributed by atoms with E-state index in [4.69, 9.17) is 0 Å². The Morgan fingerprint density at radius 2 is 1.85 bits per heavy atom. The molecule has 1 saturated carbocycles. The van der Waals surface area contributed by atoms with E-state index in [1.54, 1.807) is 12.4 Å². The maximum atomic E-state index is 13.5. The quantitative estimate of drug-likeness (QED) is 0.458. The molecule has 1 aliphatic carbocycles. The molecule has 1 aromatic carbocycles. The molecule has 33 heavy (non-hydrogen) atoms. The van der Waals surface area contributed by atoms with Crippen molar-refractivity contribution < 1.29 is 4.79 Å². The fourth-order valence-corrected chi connectivity index (χ4v) is 5.16. The van der Waals surface area contributed by atoms with Crippen LogP contribution in [0.25, 0.3) is 16.7 Å². The van der Waals surface area contributed by atoms with Crippen LogP contribution in [0.4, 0.5) is 0 Å². The number of rotatable bonds is 6. The van der Waals surface area contributed by atoms with E-state index in [0.29, 0.717) is 12.1 Å². The first-order valence-corrected chi connectivity index (χ1v) is 11.8. The van der Waals surface area contributed by atoms with E-state index in [2.05, 4.69) is 33.3 Å². The number of pyridine rings is 1. The molecule has 6 heteroatoms. The molecule has 3 aromatic heterocycles. The van der Waals surface area contributed by atoms with E-state index in [1.807, 2.05) is 53.5 Å². The molecule has 0 atom stereocenters. The second-order valence-electron chi connectivity index (χ2n) is 8.88. The number of para-hydroxylation sites is 1. The summed E-state index contributed by atoms with van der Waals surface area (Å²) in [6, 6.07) is 12.1. The molecule has 0 aliphatic heterocycles. The van der Waals surface area contributed by atoms with Gasteiger partial charge in [-0.3, -0.25) is 19.3 Å². The molecule has 0 unspecified atom stereocenters. The molecule has 0 saturated heterocycles. The Hall–Kier alpha value is -3.54. The molecule has 1 fully saturated rings. The molecule has 1 N–H and O–H groups in total. The summed E-state index contributed by atoms with van der Waals surface area (Å²) in [5.74, 6) is 0.718. The van der Waals surface area contributed by atoms with Crippen LogP contribution in [0.3, 0.4) is 0 Å². The first-order valence-electron chi connectivity index (χ1n) is 11.8. The van der Waals surface area contributed by atoms with Crippen molar-refractivity contribution in [1.29, 1.82) is 0 Å². The number of nitrogens with zero attached hydrogens (tertiary/aromatic N) is 4. The fourth-order valence-electron chi connectivity index (χ4n) is 5.16. The van der Waals surface area contributed by atoms with Gasteiger partial charge < -0.3 is 5.32 Å². The Morgan fingerprint density at radius 3 is 2.64 bits per heavy atom. The number of carbonyl (C=O) groups is 1. The van der Waals surface area contributed by atoms with Crippen LogP contribution in [0, 0.1) is 0 Å². The van der Waals surface area contributed by atoms with Gasteiger partial charge in [-0.05, 0) is 37.0 Å². The van der Waals surface area contributed by atoms with Crippen molar-refractivity contribution in [3.63, 3.8) is 0 Å². The smallest absolute Gasteiger partial charge is 0.253 e. The Balaban J connectivity index is 1.48. The van der Waals surface area contributed by atoms with Gasteiger partial charge in [-0.15, -0.1) is 0 Å². The Bertz CT molecular complexity index is 1260. The highest BCUT2D eigenvalue weighted by Crippen LogP contribution is 2.38. The van der Waals surface area contributed by atoms with Crippen molar-refractivity contribution in [3.05, 3.63) is 84.2 Å². The number of hydrogen-bond acceptors (Lipinski definition) is 4. The van der Waals surface area contributed by atoms with E-state index in [0.717, 1.165) is 41.7 Å². The number of benzene rings is 1.